The molecule has 5 heteroatoms. The Labute approximate surface area is 141 Å². The fourth-order valence-electron chi connectivity index (χ4n) is 1.98. The summed E-state index contributed by atoms with van der Waals surface area (Å²) in [6.45, 7) is 4.64. The lowest BCUT2D eigenvalue weighted by atomic mass is 10.1. The molecule has 120 valence electrons. The third-order valence-electron chi connectivity index (χ3n) is 3.09. The van der Waals surface area contributed by atoms with E-state index in [0.29, 0.717) is 11.8 Å². The molecule has 0 aliphatic carbocycles. The monoisotopic (exact) mass is 327 g/mol. The van der Waals surface area contributed by atoms with E-state index in [9.17, 15) is 0 Å². The van der Waals surface area contributed by atoms with Crippen molar-refractivity contribution in [2.24, 2.45) is 15.9 Å². The molecule has 0 radical (unpaired) electrons. The molecule has 0 aliphatic rings. The Morgan fingerprint density at radius 2 is 2.00 bits per heavy atom. The first-order valence-corrected chi connectivity index (χ1v) is 8.44. The fourth-order valence-corrected chi connectivity index (χ4v) is 2.60. The molecular weight excluding hydrogens is 306 g/mol. The largest absolute Gasteiger partial charge is 0.494 e. The molecule has 2 rings (SSSR count). The van der Waals surface area contributed by atoms with Crippen LogP contribution in [0.4, 0.5) is 0 Å². The van der Waals surface area contributed by atoms with Crippen LogP contribution in [0.1, 0.15) is 23.6 Å². The predicted molar refractivity (Wildman–Crippen MR) is 99.3 cm³/mol. The summed E-state index contributed by atoms with van der Waals surface area (Å²) in [5, 5.41) is 8.52. The predicted octanol–water partition coefficient (Wildman–Crippen LogP) is 3.98. The SMILES string of the molecule is CCOc1ccc(C=NN=C(N)SCc2ccccc2)cc1C. The molecule has 0 unspecified atom stereocenters. The zero-order chi connectivity index (χ0) is 16.5. The van der Waals surface area contributed by atoms with Crippen LogP contribution in [0.5, 0.6) is 5.75 Å². The minimum atomic E-state index is 0.452. The first kappa shape index (κ1) is 17.1. The van der Waals surface area contributed by atoms with Gasteiger partial charge in [0.2, 0.25) is 0 Å². The molecule has 0 aromatic heterocycles. The summed E-state index contributed by atoms with van der Waals surface area (Å²) < 4.78 is 5.51. The van der Waals surface area contributed by atoms with Crippen LogP contribution in [0, 0.1) is 6.92 Å². The molecule has 0 saturated heterocycles. The van der Waals surface area contributed by atoms with Crippen LogP contribution in [0.2, 0.25) is 0 Å². The van der Waals surface area contributed by atoms with Crippen molar-refractivity contribution in [3.05, 3.63) is 65.2 Å². The van der Waals surface area contributed by atoms with E-state index in [1.165, 1.54) is 17.3 Å². The summed E-state index contributed by atoms with van der Waals surface area (Å²) in [5.74, 6) is 1.68. The van der Waals surface area contributed by atoms with Crippen molar-refractivity contribution in [3.8, 4) is 5.75 Å². The summed E-state index contributed by atoms with van der Waals surface area (Å²) in [6.07, 6.45) is 1.69. The number of amidine groups is 1. The number of thioether (sulfide) groups is 1. The maximum absolute atomic E-state index is 5.86. The highest BCUT2D eigenvalue weighted by Gasteiger charge is 1.99. The molecule has 0 atom stereocenters. The van der Waals surface area contributed by atoms with Crippen LogP contribution in [-0.2, 0) is 5.75 Å². The average molecular weight is 327 g/mol. The first-order chi connectivity index (χ1) is 11.2. The number of nitrogens with zero attached hydrogens (tertiary/aromatic N) is 2. The second-order valence-corrected chi connectivity index (χ2v) is 5.91. The number of nitrogens with two attached hydrogens (primary N) is 1. The Hall–Kier alpha value is -2.27. The standard InChI is InChI=1S/C18H21N3OS/c1-3-22-17-10-9-16(11-14(17)2)12-20-21-18(19)23-13-15-7-5-4-6-8-15/h4-12H,3,13H2,1-2H3,(H2,19,21). The molecule has 0 aliphatic heterocycles. The summed E-state index contributed by atoms with van der Waals surface area (Å²) in [5.41, 5.74) is 9.11. The molecule has 0 bridgehead atoms. The summed E-state index contributed by atoms with van der Waals surface area (Å²) in [7, 11) is 0. The first-order valence-electron chi connectivity index (χ1n) is 7.45. The lowest BCUT2D eigenvalue weighted by Crippen LogP contribution is -2.06. The molecule has 23 heavy (non-hydrogen) atoms. The molecule has 2 aromatic carbocycles. The van der Waals surface area contributed by atoms with E-state index >= 15 is 0 Å². The molecule has 2 aromatic rings. The molecule has 0 fully saturated rings. The van der Waals surface area contributed by atoms with Crippen LogP contribution in [0.25, 0.3) is 0 Å². The van der Waals surface area contributed by atoms with Gasteiger partial charge in [-0.1, -0.05) is 42.1 Å². The topological polar surface area (TPSA) is 60.0 Å². The van der Waals surface area contributed by atoms with Crippen LogP contribution in [0.3, 0.4) is 0 Å². The normalized spacial score (nSPS) is 11.8. The van der Waals surface area contributed by atoms with Gasteiger partial charge in [-0.15, -0.1) is 5.10 Å². The van der Waals surface area contributed by atoms with Crippen LogP contribution >= 0.6 is 11.8 Å². The van der Waals surface area contributed by atoms with Crippen molar-refractivity contribution in [2.75, 3.05) is 6.61 Å². The molecule has 4 nitrogen and oxygen atoms in total. The second kappa shape index (κ2) is 9.00. The van der Waals surface area contributed by atoms with Gasteiger partial charge in [-0.05, 0) is 48.7 Å². The smallest absolute Gasteiger partial charge is 0.180 e. The van der Waals surface area contributed by atoms with Crippen molar-refractivity contribution < 1.29 is 4.74 Å². The van der Waals surface area contributed by atoms with Gasteiger partial charge in [0.25, 0.3) is 0 Å². The van der Waals surface area contributed by atoms with Gasteiger partial charge < -0.3 is 10.5 Å². The molecule has 0 spiro atoms. The number of benzene rings is 2. The van der Waals surface area contributed by atoms with Crippen molar-refractivity contribution >= 4 is 23.1 Å². The third-order valence-corrected chi connectivity index (χ3v) is 3.95. The summed E-state index contributed by atoms with van der Waals surface area (Å²) >= 11 is 1.47. The van der Waals surface area contributed by atoms with Crippen LogP contribution in [0.15, 0.2) is 58.7 Å². The highest BCUT2D eigenvalue weighted by atomic mass is 32.2. The zero-order valence-electron chi connectivity index (χ0n) is 13.4. The van der Waals surface area contributed by atoms with Crippen molar-refractivity contribution in [1.82, 2.24) is 0 Å². The molecule has 0 saturated carbocycles. The Kier molecular flexibility index (Phi) is 6.69. The fraction of sp³-hybridized carbons (Fsp3) is 0.222. The number of ether oxygens (including phenoxy) is 1. The van der Waals surface area contributed by atoms with Gasteiger partial charge in [-0.3, -0.25) is 0 Å². The Morgan fingerprint density at radius 1 is 1.22 bits per heavy atom. The van der Waals surface area contributed by atoms with Gasteiger partial charge in [0.15, 0.2) is 5.17 Å². The quantitative estimate of drug-likeness (QED) is 0.496. The number of hydrogen-bond acceptors (Lipinski definition) is 4. The van der Waals surface area contributed by atoms with E-state index in [1.54, 1.807) is 6.21 Å². The van der Waals surface area contributed by atoms with E-state index < -0.39 is 0 Å². The average Bonchev–Trinajstić information content (AvgIpc) is 2.56. The lowest BCUT2D eigenvalue weighted by Gasteiger charge is -2.06. The molecular formula is C18H21N3OS. The van der Waals surface area contributed by atoms with E-state index in [4.69, 9.17) is 10.5 Å². The van der Waals surface area contributed by atoms with Gasteiger partial charge in [0, 0.05) is 5.75 Å². The van der Waals surface area contributed by atoms with Gasteiger partial charge in [0.1, 0.15) is 5.75 Å². The van der Waals surface area contributed by atoms with E-state index in [2.05, 4.69) is 22.3 Å². The van der Waals surface area contributed by atoms with Crippen LogP contribution < -0.4 is 10.5 Å². The van der Waals surface area contributed by atoms with Gasteiger partial charge >= 0.3 is 0 Å². The van der Waals surface area contributed by atoms with E-state index in [-0.39, 0.29) is 0 Å². The van der Waals surface area contributed by atoms with Crippen molar-refractivity contribution in [1.29, 1.82) is 0 Å². The molecule has 2 N–H and O–H groups in total. The van der Waals surface area contributed by atoms with Gasteiger partial charge in [0.05, 0.1) is 12.8 Å². The number of hydrogen-bond donors (Lipinski definition) is 1. The summed E-state index contributed by atoms with van der Waals surface area (Å²) in [4.78, 5) is 0. The van der Waals surface area contributed by atoms with E-state index in [1.807, 2.05) is 50.2 Å². The Morgan fingerprint density at radius 3 is 2.70 bits per heavy atom. The molecule has 0 amide bonds. The zero-order valence-corrected chi connectivity index (χ0v) is 14.2. The minimum absolute atomic E-state index is 0.452. The Bertz CT molecular complexity index is 684. The number of aryl methyl sites for hydroxylation is 1. The van der Waals surface area contributed by atoms with Crippen molar-refractivity contribution in [3.63, 3.8) is 0 Å². The van der Waals surface area contributed by atoms with Gasteiger partial charge in [-0.25, -0.2) is 0 Å². The maximum Gasteiger partial charge on any atom is 0.180 e. The number of rotatable bonds is 6. The van der Waals surface area contributed by atoms with Gasteiger partial charge in [-0.2, -0.15) is 5.10 Å². The second-order valence-electron chi connectivity index (χ2n) is 4.92. The maximum atomic E-state index is 5.86. The third kappa shape index (κ3) is 5.79. The molecule has 0 heterocycles. The Balaban J connectivity index is 1.90. The summed E-state index contributed by atoms with van der Waals surface area (Å²) in [6, 6.07) is 16.0. The lowest BCUT2D eigenvalue weighted by molar-refractivity contribution is 0.338. The van der Waals surface area contributed by atoms with Crippen molar-refractivity contribution in [2.45, 2.75) is 19.6 Å². The highest BCUT2D eigenvalue weighted by molar-refractivity contribution is 8.13. The van der Waals surface area contributed by atoms with E-state index in [0.717, 1.165) is 22.6 Å². The highest BCUT2D eigenvalue weighted by Crippen LogP contribution is 2.18. The minimum Gasteiger partial charge on any atom is -0.494 e. The van der Waals surface area contributed by atoms with Crippen LogP contribution in [-0.4, -0.2) is 18.0 Å².